The highest BCUT2D eigenvalue weighted by Crippen LogP contribution is 2.21. The zero-order valence-corrected chi connectivity index (χ0v) is 13.5. The third-order valence-corrected chi connectivity index (χ3v) is 3.67. The number of hydrogen-bond acceptors (Lipinski definition) is 3. The van der Waals surface area contributed by atoms with E-state index in [2.05, 4.69) is 37.1 Å². The van der Waals surface area contributed by atoms with Crippen molar-refractivity contribution in [3.63, 3.8) is 0 Å². The van der Waals surface area contributed by atoms with Gasteiger partial charge in [-0.2, -0.15) is 0 Å². The summed E-state index contributed by atoms with van der Waals surface area (Å²) in [6, 6.07) is 9.79. The van der Waals surface area contributed by atoms with Crippen molar-refractivity contribution in [2.75, 3.05) is 11.9 Å². The molecule has 1 N–H and O–H groups in total. The number of nitrogens with zero attached hydrogens (tertiary/aromatic N) is 1. The van der Waals surface area contributed by atoms with Crippen molar-refractivity contribution in [2.24, 2.45) is 0 Å². The molecule has 4 heteroatoms. The molecule has 0 saturated carbocycles. The van der Waals surface area contributed by atoms with E-state index >= 15 is 0 Å². The Kier molecular flexibility index (Phi) is 5.45. The van der Waals surface area contributed by atoms with Crippen molar-refractivity contribution >= 4 is 17.4 Å². The lowest BCUT2D eigenvalue weighted by molar-refractivity contribution is 0.301. The second kappa shape index (κ2) is 7.32. The molecule has 0 aliphatic carbocycles. The molecule has 0 fully saturated rings. The van der Waals surface area contributed by atoms with Crippen LogP contribution in [0.4, 0.5) is 5.82 Å². The lowest BCUT2D eigenvalue weighted by atomic mass is 10.1. The summed E-state index contributed by atoms with van der Waals surface area (Å²) >= 11 is 6.18. The Balaban J connectivity index is 2.06. The molecule has 3 nitrogen and oxygen atoms in total. The highest BCUT2D eigenvalue weighted by molar-refractivity contribution is 6.31. The van der Waals surface area contributed by atoms with Gasteiger partial charge in [0.1, 0.15) is 18.2 Å². The molecule has 0 spiro atoms. The summed E-state index contributed by atoms with van der Waals surface area (Å²) in [4.78, 5) is 4.50. The van der Waals surface area contributed by atoms with Gasteiger partial charge in [-0.1, -0.05) is 24.6 Å². The van der Waals surface area contributed by atoms with Gasteiger partial charge in [0, 0.05) is 6.54 Å². The van der Waals surface area contributed by atoms with Crippen molar-refractivity contribution in [2.45, 2.75) is 33.8 Å². The number of halogens is 1. The van der Waals surface area contributed by atoms with Crippen molar-refractivity contribution in [1.82, 2.24) is 4.98 Å². The zero-order chi connectivity index (χ0) is 15.2. The third-order valence-electron chi connectivity index (χ3n) is 3.33. The summed E-state index contributed by atoms with van der Waals surface area (Å²) in [5.74, 6) is 1.67. The van der Waals surface area contributed by atoms with E-state index in [1.165, 1.54) is 11.1 Å². The molecular weight excluding hydrogens is 284 g/mol. The van der Waals surface area contributed by atoms with Crippen LogP contribution in [0.5, 0.6) is 5.75 Å². The highest BCUT2D eigenvalue weighted by atomic mass is 35.5. The first-order valence-electron chi connectivity index (χ1n) is 7.19. The molecule has 112 valence electrons. The molecule has 0 unspecified atom stereocenters. The van der Waals surface area contributed by atoms with E-state index in [1.54, 1.807) is 0 Å². The Morgan fingerprint density at radius 3 is 2.67 bits per heavy atom. The van der Waals surface area contributed by atoms with Crippen LogP contribution in [0, 0.1) is 13.8 Å². The van der Waals surface area contributed by atoms with Crippen molar-refractivity contribution in [3.05, 3.63) is 52.2 Å². The molecule has 0 bridgehead atoms. The minimum atomic E-state index is 0.364. The third kappa shape index (κ3) is 4.36. The summed E-state index contributed by atoms with van der Waals surface area (Å²) in [5, 5.41) is 3.88. The van der Waals surface area contributed by atoms with Crippen LogP contribution < -0.4 is 10.1 Å². The van der Waals surface area contributed by atoms with Gasteiger partial charge >= 0.3 is 0 Å². The molecule has 0 aliphatic rings. The smallest absolute Gasteiger partial charge is 0.132 e. The molecule has 0 aliphatic heterocycles. The molecule has 0 amide bonds. The average Bonchev–Trinajstić information content (AvgIpc) is 2.48. The van der Waals surface area contributed by atoms with Gasteiger partial charge in [-0.05, 0) is 55.7 Å². The minimum absolute atomic E-state index is 0.364. The van der Waals surface area contributed by atoms with Crippen LogP contribution >= 0.6 is 11.6 Å². The maximum atomic E-state index is 6.18. The number of anilines is 1. The first-order chi connectivity index (χ1) is 10.1. The van der Waals surface area contributed by atoms with Crippen LogP contribution in [-0.4, -0.2) is 11.5 Å². The fourth-order valence-corrected chi connectivity index (χ4v) is 2.05. The van der Waals surface area contributed by atoms with E-state index in [0.29, 0.717) is 11.6 Å². The van der Waals surface area contributed by atoms with E-state index in [9.17, 15) is 0 Å². The first kappa shape index (κ1) is 15.6. The molecule has 21 heavy (non-hydrogen) atoms. The molecule has 1 heterocycles. The molecule has 0 radical (unpaired) electrons. The lowest BCUT2D eigenvalue weighted by Gasteiger charge is -2.11. The van der Waals surface area contributed by atoms with Gasteiger partial charge in [0.05, 0.1) is 10.7 Å². The van der Waals surface area contributed by atoms with Crippen molar-refractivity contribution < 1.29 is 4.74 Å². The molecule has 0 saturated heterocycles. The number of benzene rings is 1. The van der Waals surface area contributed by atoms with E-state index in [4.69, 9.17) is 16.3 Å². The number of aromatic nitrogens is 1. The van der Waals surface area contributed by atoms with Gasteiger partial charge in [0.15, 0.2) is 0 Å². The average molecular weight is 305 g/mol. The molecule has 0 atom stereocenters. The standard InChI is InChI=1S/C17H21ClN2O/c1-4-9-19-17-8-7-15(18)16(20-17)11-21-14-6-5-12(2)13(3)10-14/h5-8,10H,4,9,11H2,1-3H3,(H,19,20). The number of ether oxygens (including phenoxy) is 1. The van der Waals surface area contributed by atoms with Gasteiger partial charge < -0.3 is 10.1 Å². The topological polar surface area (TPSA) is 34.1 Å². The van der Waals surface area contributed by atoms with E-state index in [-0.39, 0.29) is 0 Å². The Morgan fingerprint density at radius 1 is 1.14 bits per heavy atom. The van der Waals surface area contributed by atoms with Crippen LogP contribution in [0.1, 0.15) is 30.2 Å². The van der Waals surface area contributed by atoms with Gasteiger partial charge in [-0.3, -0.25) is 0 Å². The Labute approximate surface area is 131 Å². The highest BCUT2D eigenvalue weighted by Gasteiger charge is 2.06. The Hall–Kier alpha value is -1.74. The molecule has 1 aromatic carbocycles. The first-order valence-corrected chi connectivity index (χ1v) is 7.57. The van der Waals surface area contributed by atoms with Crippen LogP contribution in [0.15, 0.2) is 30.3 Å². The summed E-state index contributed by atoms with van der Waals surface area (Å²) < 4.78 is 5.79. The van der Waals surface area contributed by atoms with Crippen LogP contribution in [0.3, 0.4) is 0 Å². The summed E-state index contributed by atoms with van der Waals surface area (Å²) in [5.41, 5.74) is 3.21. The number of rotatable bonds is 6. The minimum Gasteiger partial charge on any atom is -0.487 e. The second-order valence-electron chi connectivity index (χ2n) is 5.09. The number of hydrogen-bond donors (Lipinski definition) is 1. The van der Waals surface area contributed by atoms with Gasteiger partial charge in [0.2, 0.25) is 0 Å². The second-order valence-corrected chi connectivity index (χ2v) is 5.49. The summed E-state index contributed by atoms with van der Waals surface area (Å²) in [6.45, 7) is 7.53. The largest absolute Gasteiger partial charge is 0.487 e. The number of pyridine rings is 1. The fraction of sp³-hybridized carbons (Fsp3) is 0.353. The van der Waals surface area contributed by atoms with Crippen LogP contribution in [0.25, 0.3) is 0 Å². The number of aryl methyl sites for hydroxylation is 2. The summed E-state index contributed by atoms with van der Waals surface area (Å²) in [7, 11) is 0. The molecular formula is C17H21ClN2O. The lowest BCUT2D eigenvalue weighted by Crippen LogP contribution is -2.05. The quantitative estimate of drug-likeness (QED) is 0.836. The summed E-state index contributed by atoms with van der Waals surface area (Å²) in [6.07, 6.45) is 1.05. The van der Waals surface area contributed by atoms with Gasteiger partial charge in [-0.15, -0.1) is 0 Å². The van der Waals surface area contributed by atoms with Gasteiger partial charge in [-0.25, -0.2) is 4.98 Å². The van der Waals surface area contributed by atoms with Crippen LogP contribution in [0.2, 0.25) is 5.02 Å². The Bertz CT molecular complexity index is 614. The van der Waals surface area contributed by atoms with Crippen molar-refractivity contribution in [1.29, 1.82) is 0 Å². The maximum absolute atomic E-state index is 6.18. The molecule has 2 aromatic rings. The predicted octanol–water partition coefficient (Wildman–Crippen LogP) is 4.75. The monoisotopic (exact) mass is 304 g/mol. The zero-order valence-electron chi connectivity index (χ0n) is 12.7. The molecule has 2 rings (SSSR count). The SMILES string of the molecule is CCCNc1ccc(Cl)c(COc2ccc(C)c(C)c2)n1. The maximum Gasteiger partial charge on any atom is 0.132 e. The molecule has 1 aromatic heterocycles. The van der Waals surface area contributed by atoms with E-state index in [0.717, 1.165) is 30.2 Å². The Morgan fingerprint density at radius 2 is 1.95 bits per heavy atom. The predicted molar refractivity (Wildman–Crippen MR) is 88.3 cm³/mol. The van der Waals surface area contributed by atoms with Crippen LogP contribution in [-0.2, 0) is 6.61 Å². The van der Waals surface area contributed by atoms with E-state index < -0.39 is 0 Å². The normalized spacial score (nSPS) is 10.5. The van der Waals surface area contributed by atoms with E-state index in [1.807, 2.05) is 24.3 Å². The fourth-order valence-electron chi connectivity index (χ4n) is 1.89. The van der Waals surface area contributed by atoms with Crippen molar-refractivity contribution in [3.8, 4) is 5.75 Å². The van der Waals surface area contributed by atoms with Gasteiger partial charge in [0.25, 0.3) is 0 Å². The number of nitrogens with one attached hydrogen (secondary N) is 1.